The van der Waals surface area contributed by atoms with Gasteiger partial charge >= 0.3 is 35.5 Å². The fraction of sp³-hybridized carbons (Fsp3) is 0.0909. The van der Waals surface area contributed by atoms with Gasteiger partial charge in [0.2, 0.25) is 5.90 Å². The molecular formula is C11H10NNaO3. The SMILES string of the molecule is Cc1ccccc1C1=N/C(=C/O)C(=O)O1.[NaH]. The van der Waals surface area contributed by atoms with Gasteiger partial charge in [0.05, 0.1) is 0 Å². The fourth-order valence-electron chi connectivity index (χ4n) is 1.33. The molecule has 0 unspecified atom stereocenters. The van der Waals surface area contributed by atoms with Crippen molar-refractivity contribution >= 4 is 41.4 Å². The Morgan fingerprint density at radius 2 is 2.06 bits per heavy atom. The number of esters is 1. The Bertz CT molecular complexity index is 480. The molecule has 0 spiro atoms. The predicted octanol–water partition coefficient (Wildman–Crippen LogP) is 1.05. The molecule has 1 heterocycles. The second-order valence-corrected chi connectivity index (χ2v) is 3.14. The van der Waals surface area contributed by atoms with Crippen molar-refractivity contribution in [2.45, 2.75) is 6.92 Å². The second kappa shape index (κ2) is 5.30. The number of nitrogens with zero attached hydrogens (tertiary/aromatic N) is 1. The fourth-order valence-corrected chi connectivity index (χ4v) is 1.33. The van der Waals surface area contributed by atoms with Crippen LogP contribution < -0.4 is 0 Å². The van der Waals surface area contributed by atoms with E-state index in [9.17, 15) is 4.79 Å². The first kappa shape index (κ1) is 13.0. The minimum absolute atomic E-state index is 0. The summed E-state index contributed by atoms with van der Waals surface area (Å²) in [6.07, 6.45) is 0.646. The zero-order valence-electron chi connectivity index (χ0n) is 8.10. The molecule has 16 heavy (non-hydrogen) atoms. The monoisotopic (exact) mass is 227 g/mol. The van der Waals surface area contributed by atoms with Gasteiger partial charge in [-0.2, -0.15) is 0 Å². The Balaban J connectivity index is 0.00000128. The summed E-state index contributed by atoms with van der Waals surface area (Å²) in [5.41, 5.74) is 1.64. The molecule has 0 fully saturated rings. The molecule has 1 aromatic carbocycles. The molecule has 1 aromatic rings. The van der Waals surface area contributed by atoms with E-state index in [4.69, 9.17) is 9.84 Å². The van der Waals surface area contributed by atoms with Gasteiger partial charge in [-0.3, -0.25) is 0 Å². The van der Waals surface area contributed by atoms with Crippen LogP contribution in [0.25, 0.3) is 0 Å². The van der Waals surface area contributed by atoms with E-state index in [0.717, 1.165) is 11.1 Å². The average molecular weight is 227 g/mol. The van der Waals surface area contributed by atoms with Crippen molar-refractivity contribution < 1.29 is 14.6 Å². The van der Waals surface area contributed by atoms with Crippen molar-refractivity contribution in [2.75, 3.05) is 0 Å². The summed E-state index contributed by atoms with van der Waals surface area (Å²) in [4.78, 5) is 15.0. The third kappa shape index (κ3) is 2.35. The van der Waals surface area contributed by atoms with Crippen LogP contribution >= 0.6 is 0 Å². The molecule has 0 atom stereocenters. The van der Waals surface area contributed by atoms with Gasteiger partial charge in [0.15, 0.2) is 5.70 Å². The van der Waals surface area contributed by atoms with Crippen molar-refractivity contribution in [3.63, 3.8) is 0 Å². The Kier molecular flexibility index (Phi) is 4.29. The van der Waals surface area contributed by atoms with E-state index in [1.807, 2.05) is 31.2 Å². The average Bonchev–Trinajstić information content (AvgIpc) is 2.60. The number of ether oxygens (including phenoxy) is 1. The number of aryl methyl sites for hydroxylation is 1. The second-order valence-electron chi connectivity index (χ2n) is 3.14. The first-order chi connectivity index (χ1) is 7.22. The third-order valence-corrected chi connectivity index (χ3v) is 2.12. The summed E-state index contributed by atoms with van der Waals surface area (Å²) >= 11 is 0. The van der Waals surface area contributed by atoms with Crippen molar-refractivity contribution in [2.24, 2.45) is 4.99 Å². The molecule has 1 aliphatic rings. The molecule has 0 bridgehead atoms. The van der Waals surface area contributed by atoms with E-state index in [1.165, 1.54) is 0 Å². The van der Waals surface area contributed by atoms with E-state index in [0.29, 0.717) is 6.26 Å². The van der Waals surface area contributed by atoms with Gasteiger partial charge in [-0.15, -0.1) is 0 Å². The normalized spacial score (nSPS) is 16.7. The Morgan fingerprint density at radius 1 is 1.38 bits per heavy atom. The number of aliphatic hydroxyl groups is 1. The van der Waals surface area contributed by atoms with Crippen LogP contribution in [0.2, 0.25) is 0 Å². The van der Waals surface area contributed by atoms with Gasteiger partial charge in [-0.25, -0.2) is 9.79 Å². The van der Waals surface area contributed by atoms with Crippen LogP contribution in [0.5, 0.6) is 0 Å². The molecule has 0 radical (unpaired) electrons. The number of aliphatic hydroxyl groups excluding tert-OH is 1. The molecule has 0 saturated heterocycles. The van der Waals surface area contributed by atoms with Gasteiger partial charge in [0, 0.05) is 5.56 Å². The quantitative estimate of drug-likeness (QED) is 0.337. The topological polar surface area (TPSA) is 58.9 Å². The summed E-state index contributed by atoms with van der Waals surface area (Å²) < 4.78 is 4.91. The van der Waals surface area contributed by atoms with Crippen molar-refractivity contribution in [3.8, 4) is 0 Å². The van der Waals surface area contributed by atoms with Gasteiger partial charge in [-0.05, 0) is 18.6 Å². The van der Waals surface area contributed by atoms with Crippen LogP contribution in [0.3, 0.4) is 0 Å². The van der Waals surface area contributed by atoms with Gasteiger partial charge in [0.1, 0.15) is 6.26 Å². The van der Waals surface area contributed by atoms with Crippen molar-refractivity contribution in [3.05, 3.63) is 47.4 Å². The number of carbonyl (C=O) groups excluding carboxylic acids is 1. The standard InChI is InChI=1S/C11H9NO3.Na.H/c1-7-4-2-3-5-8(7)10-12-9(6-13)11(14)15-10;;/h2-6,13H,1H3;;/b9-6+;;. The molecule has 0 amide bonds. The molecular weight excluding hydrogens is 217 g/mol. The number of aliphatic imine (C=N–C) groups is 1. The number of cyclic esters (lactones) is 1. The van der Waals surface area contributed by atoms with Crippen LogP contribution in [-0.2, 0) is 9.53 Å². The molecule has 0 saturated carbocycles. The Hall–Kier alpha value is -1.10. The van der Waals surface area contributed by atoms with E-state index >= 15 is 0 Å². The van der Waals surface area contributed by atoms with E-state index < -0.39 is 5.97 Å². The molecule has 0 aliphatic carbocycles. The molecule has 78 valence electrons. The van der Waals surface area contributed by atoms with Crippen LogP contribution in [0, 0.1) is 6.92 Å². The van der Waals surface area contributed by atoms with Gasteiger partial charge in [0.25, 0.3) is 0 Å². The number of rotatable bonds is 1. The number of benzene rings is 1. The first-order valence-corrected chi connectivity index (χ1v) is 4.43. The van der Waals surface area contributed by atoms with E-state index in [1.54, 1.807) is 0 Å². The number of carbonyl (C=O) groups is 1. The summed E-state index contributed by atoms with van der Waals surface area (Å²) in [6.45, 7) is 1.90. The first-order valence-electron chi connectivity index (χ1n) is 4.43. The summed E-state index contributed by atoms with van der Waals surface area (Å²) in [6, 6.07) is 7.42. The van der Waals surface area contributed by atoms with Crippen LogP contribution in [0.15, 0.2) is 41.2 Å². The zero-order valence-corrected chi connectivity index (χ0v) is 8.10. The number of hydrogen-bond donors (Lipinski definition) is 1. The van der Waals surface area contributed by atoms with Crippen molar-refractivity contribution in [1.82, 2.24) is 0 Å². The Labute approximate surface area is 115 Å². The molecule has 1 N–H and O–H groups in total. The summed E-state index contributed by atoms with van der Waals surface area (Å²) in [5, 5.41) is 8.70. The van der Waals surface area contributed by atoms with Gasteiger partial charge in [-0.1, -0.05) is 18.2 Å². The van der Waals surface area contributed by atoms with E-state index in [-0.39, 0.29) is 41.2 Å². The van der Waals surface area contributed by atoms with E-state index in [2.05, 4.69) is 4.99 Å². The zero-order chi connectivity index (χ0) is 10.8. The predicted molar refractivity (Wildman–Crippen MR) is 61.7 cm³/mol. The van der Waals surface area contributed by atoms with Gasteiger partial charge < -0.3 is 9.84 Å². The molecule has 2 rings (SSSR count). The minimum atomic E-state index is -0.629. The maximum absolute atomic E-state index is 11.1. The third-order valence-electron chi connectivity index (χ3n) is 2.12. The summed E-state index contributed by atoms with van der Waals surface area (Å²) in [5.74, 6) is -0.394. The van der Waals surface area contributed by atoms with Crippen LogP contribution in [0.4, 0.5) is 0 Å². The number of hydrogen-bond acceptors (Lipinski definition) is 4. The van der Waals surface area contributed by atoms with Crippen LogP contribution in [0.1, 0.15) is 11.1 Å². The van der Waals surface area contributed by atoms with Crippen molar-refractivity contribution in [1.29, 1.82) is 0 Å². The maximum atomic E-state index is 11.1. The molecule has 1 aliphatic heterocycles. The summed E-state index contributed by atoms with van der Waals surface area (Å²) in [7, 11) is 0. The Morgan fingerprint density at radius 3 is 2.62 bits per heavy atom. The molecule has 0 aromatic heterocycles. The molecule has 5 heteroatoms. The molecule has 4 nitrogen and oxygen atoms in total. The van der Waals surface area contributed by atoms with Crippen LogP contribution in [-0.4, -0.2) is 46.5 Å².